The monoisotopic (exact) mass is 597 g/mol. The molecule has 5 rings (SSSR count). The van der Waals surface area contributed by atoms with Crippen LogP contribution in [0.1, 0.15) is 72.9 Å². The molecular weight excluding hydrogens is 563 g/mol. The third kappa shape index (κ3) is 7.32. The lowest BCUT2D eigenvalue weighted by Gasteiger charge is -2.39. The quantitative estimate of drug-likeness (QED) is 0.223. The zero-order valence-corrected chi connectivity index (χ0v) is 24.1. The molecule has 2 aliphatic heterocycles. The summed E-state index contributed by atoms with van der Waals surface area (Å²) in [5, 5.41) is 8.68. The fourth-order valence-electron chi connectivity index (χ4n) is 5.86. The Bertz CT molecular complexity index is 1400. The van der Waals surface area contributed by atoms with Crippen molar-refractivity contribution in [3.8, 4) is 0 Å². The van der Waals surface area contributed by atoms with Crippen LogP contribution >= 0.6 is 11.6 Å². The Kier molecular flexibility index (Phi) is 9.82. The molecule has 2 aliphatic rings. The molecule has 0 aliphatic carbocycles. The van der Waals surface area contributed by atoms with Gasteiger partial charge in [0.25, 0.3) is 5.91 Å². The van der Waals surface area contributed by atoms with Crippen LogP contribution in [0, 0.1) is 17.5 Å². The largest absolute Gasteiger partial charge is 0.339 e. The molecule has 2 heterocycles. The lowest BCUT2D eigenvalue weighted by Crippen LogP contribution is -2.52. The molecule has 42 heavy (non-hydrogen) atoms. The van der Waals surface area contributed by atoms with E-state index in [0.29, 0.717) is 12.0 Å². The Hall–Kier alpha value is -3.40. The van der Waals surface area contributed by atoms with E-state index in [9.17, 15) is 18.0 Å². The Morgan fingerprint density at radius 3 is 2.26 bits per heavy atom. The van der Waals surface area contributed by atoms with Crippen molar-refractivity contribution in [1.82, 2.24) is 21.1 Å². The van der Waals surface area contributed by atoms with E-state index in [2.05, 4.69) is 26.1 Å². The molecule has 0 bridgehead atoms. The van der Waals surface area contributed by atoms with Gasteiger partial charge in [-0.3, -0.25) is 10.1 Å². The lowest BCUT2D eigenvalue weighted by molar-refractivity contribution is 0.0705. The number of aliphatic imine (C=N–C) groups is 1. The first-order valence-electron chi connectivity index (χ1n) is 14.4. The Balaban J connectivity index is 1.42. The second-order valence-electron chi connectivity index (χ2n) is 11.0. The van der Waals surface area contributed by atoms with Crippen molar-refractivity contribution in [3.05, 3.63) is 106 Å². The Morgan fingerprint density at radius 1 is 0.905 bits per heavy atom. The SMILES string of the molecule is O=C(NC(=NCc1ccc(F)cc1Cl)NC1CC2(c3ccc(F)cc3)CCCCCCCCN2N1)c1ccc(F)cc1. The van der Waals surface area contributed by atoms with Crippen LogP contribution in [0.15, 0.2) is 71.7 Å². The number of amides is 1. The van der Waals surface area contributed by atoms with Crippen LogP contribution in [0.5, 0.6) is 0 Å². The molecule has 0 spiro atoms. The number of nitrogens with one attached hydrogen (secondary N) is 3. The highest BCUT2D eigenvalue weighted by molar-refractivity contribution is 6.31. The number of carbonyl (C=O) groups is 1. The molecule has 2 fully saturated rings. The van der Waals surface area contributed by atoms with Gasteiger partial charge >= 0.3 is 0 Å². The van der Waals surface area contributed by atoms with E-state index in [1.807, 2.05) is 12.1 Å². The molecule has 10 heteroatoms. The minimum absolute atomic E-state index is 0.0880. The molecule has 1 amide bonds. The molecule has 3 N–H and O–H groups in total. The molecule has 6 nitrogen and oxygen atoms in total. The minimum Gasteiger partial charge on any atom is -0.339 e. The van der Waals surface area contributed by atoms with E-state index >= 15 is 0 Å². The molecule has 0 saturated carbocycles. The summed E-state index contributed by atoms with van der Waals surface area (Å²) in [6.07, 6.45) is 7.95. The fourth-order valence-corrected chi connectivity index (χ4v) is 6.09. The van der Waals surface area contributed by atoms with Crippen LogP contribution in [-0.2, 0) is 12.1 Å². The first-order chi connectivity index (χ1) is 20.3. The summed E-state index contributed by atoms with van der Waals surface area (Å²) < 4.78 is 41.0. The van der Waals surface area contributed by atoms with Crippen LogP contribution in [-0.4, -0.2) is 29.6 Å². The van der Waals surface area contributed by atoms with Gasteiger partial charge in [-0.25, -0.2) is 28.6 Å². The standard InChI is InChI=1S/C32H35ClF3N5O/c33-28-19-27(36)14-9-23(28)21-37-31(39-30(42)22-7-12-25(34)13-8-22)38-29-20-32(24-10-15-26(35)16-11-24)17-5-3-1-2-4-6-18-41(32)40-29/h7-16,19,29,40H,1-6,17-18,20-21H2,(H2,37,38,39,42). The smallest absolute Gasteiger partial charge is 0.257 e. The van der Waals surface area contributed by atoms with Crippen molar-refractivity contribution < 1.29 is 18.0 Å². The van der Waals surface area contributed by atoms with Crippen molar-refractivity contribution >= 4 is 23.5 Å². The van der Waals surface area contributed by atoms with Gasteiger partial charge in [0, 0.05) is 23.6 Å². The number of hydrogen-bond acceptors (Lipinski definition) is 4. The summed E-state index contributed by atoms with van der Waals surface area (Å²) in [6.45, 7) is 0.903. The molecule has 2 saturated heterocycles. The molecule has 3 aromatic carbocycles. The second kappa shape index (κ2) is 13.7. The van der Waals surface area contributed by atoms with Crippen molar-refractivity contribution in [3.63, 3.8) is 0 Å². The molecule has 0 aromatic heterocycles. The van der Waals surface area contributed by atoms with Crippen LogP contribution in [0.4, 0.5) is 13.2 Å². The van der Waals surface area contributed by atoms with Gasteiger partial charge in [0.2, 0.25) is 0 Å². The van der Waals surface area contributed by atoms with Gasteiger partial charge in [-0.05, 0) is 72.5 Å². The van der Waals surface area contributed by atoms with E-state index in [1.54, 1.807) is 6.07 Å². The molecule has 2 unspecified atom stereocenters. The Morgan fingerprint density at radius 2 is 1.55 bits per heavy atom. The topological polar surface area (TPSA) is 68.8 Å². The predicted octanol–water partition coefficient (Wildman–Crippen LogP) is 6.81. The third-order valence-electron chi connectivity index (χ3n) is 8.05. The average Bonchev–Trinajstić information content (AvgIpc) is 3.32. The number of fused-ring (bicyclic) bond motifs is 1. The van der Waals surface area contributed by atoms with Gasteiger partial charge in [-0.1, -0.05) is 61.9 Å². The summed E-state index contributed by atoms with van der Waals surface area (Å²) in [7, 11) is 0. The summed E-state index contributed by atoms with van der Waals surface area (Å²) >= 11 is 6.24. The maximum absolute atomic E-state index is 13.9. The molecular formula is C32H35ClF3N5O. The van der Waals surface area contributed by atoms with Gasteiger partial charge in [-0.2, -0.15) is 0 Å². The maximum Gasteiger partial charge on any atom is 0.257 e. The number of hydrazine groups is 1. The van der Waals surface area contributed by atoms with Crippen molar-refractivity contribution in [2.24, 2.45) is 4.99 Å². The minimum atomic E-state index is -0.461. The first-order valence-corrected chi connectivity index (χ1v) is 14.8. The number of guanidine groups is 1. The van der Waals surface area contributed by atoms with Gasteiger partial charge in [0.05, 0.1) is 18.2 Å². The van der Waals surface area contributed by atoms with Crippen LogP contribution < -0.4 is 16.1 Å². The normalized spacial score (nSPS) is 21.9. The van der Waals surface area contributed by atoms with Gasteiger partial charge in [-0.15, -0.1) is 0 Å². The predicted molar refractivity (Wildman–Crippen MR) is 158 cm³/mol. The maximum atomic E-state index is 13.9. The molecule has 3 aromatic rings. The zero-order chi connectivity index (χ0) is 29.5. The lowest BCUT2D eigenvalue weighted by atomic mass is 9.81. The summed E-state index contributed by atoms with van der Waals surface area (Å²) in [4.78, 5) is 17.7. The van der Waals surface area contributed by atoms with Crippen molar-refractivity contribution in [2.45, 2.75) is 69.6 Å². The van der Waals surface area contributed by atoms with E-state index < -0.39 is 17.5 Å². The Labute approximate surface area is 249 Å². The van der Waals surface area contributed by atoms with Gasteiger partial charge in [0.1, 0.15) is 17.5 Å². The fraction of sp³-hybridized carbons (Fsp3) is 0.375. The van der Waals surface area contributed by atoms with E-state index in [4.69, 9.17) is 11.6 Å². The van der Waals surface area contributed by atoms with Crippen molar-refractivity contribution in [2.75, 3.05) is 6.54 Å². The number of halogens is 4. The third-order valence-corrected chi connectivity index (χ3v) is 8.40. The molecule has 2 atom stereocenters. The highest BCUT2D eigenvalue weighted by Gasteiger charge is 2.46. The van der Waals surface area contributed by atoms with Crippen LogP contribution in [0.25, 0.3) is 0 Å². The first kappa shape index (κ1) is 30.1. The number of nitrogens with zero attached hydrogens (tertiary/aromatic N) is 2. The highest BCUT2D eigenvalue weighted by Crippen LogP contribution is 2.42. The summed E-state index contributed by atoms with van der Waals surface area (Å²) in [5.74, 6) is -1.44. The number of hydrogen-bond donors (Lipinski definition) is 3. The van der Waals surface area contributed by atoms with E-state index in [1.165, 1.54) is 61.4 Å². The number of carbonyl (C=O) groups excluding carboxylic acids is 1. The second-order valence-corrected chi connectivity index (χ2v) is 11.4. The van der Waals surface area contributed by atoms with E-state index in [-0.39, 0.29) is 40.6 Å². The van der Waals surface area contributed by atoms with Crippen LogP contribution in [0.3, 0.4) is 0 Å². The van der Waals surface area contributed by atoms with Crippen LogP contribution in [0.2, 0.25) is 5.02 Å². The average molecular weight is 598 g/mol. The van der Waals surface area contributed by atoms with Crippen molar-refractivity contribution in [1.29, 1.82) is 0 Å². The van der Waals surface area contributed by atoms with Gasteiger partial charge < -0.3 is 5.32 Å². The number of rotatable bonds is 5. The molecule has 0 radical (unpaired) electrons. The van der Waals surface area contributed by atoms with Gasteiger partial charge in [0.15, 0.2) is 5.96 Å². The molecule has 222 valence electrons. The zero-order valence-electron chi connectivity index (χ0n) is 23.3. The summed E-state index contributed by atoms with van der Waals surface area (Å²) in [5.41, 5.74) is 5.12. The highest BCUT2D eigenvalue weighted by atomic mass is 35.5. The number of benzene rings is 3. The summed E-state index contributed by atoms with van der Waals surface area (Å²) in [6, 6.07) is 16.0. The van der Waals surface area contributed by atoms with E-state index in [0.717, 1.165) is 44.2 Å².